The number of ketones is 1. The number of allylic oxidation sites excluding steroid dienone is 1. The topological polar surface area (TPSA) is 80.4 Å². The van der Waals surface area contributed by atoms with Crippen LogP contribution in [0, 0.1) is 0 Å². The summed E-state index contributed by atoms with van der Waals surface area (Å²) in [5.74, 6) is -1.44. The summed E-state index contributed by atoms with van der Waals surface area (Å²) in [5.41, 5.74) is 8.18. The summed E-state index contributed by atoms with van der Waals surface area (Å²) in [5, 5.41) is 9.11. The van der Waals surface area contributed by atoms with Gasteiger partial charge in [-0.2, -0.15) is 0 Å². The van der Waals surface area contributed by atoms with Crippen LogP contribution in [0.4, 0.5) is 5.69 Å². The van der Waals surface area contributed by atoms with Crippen molar-refractivity contribution in [3.63, 3.8) is 0 Å². The maximum atomic E-state index is 12.4. The number of benzene rings is 2. The van der Waals surface area contributed by atoms with Crippen LogP contribution in [0.2, 0.25) is 0 Å². The molecule has 0 aliphatic carbocycles. The van der Waals surface area contributed by atoms with Gasteiger partial charge in [0.25, 0.3) is 0 Å². The van der Waals surface area contributed by atoms with E-state index in [9.17, 15) is 9.59 Å². The van der Waals surface area contributed by atoms with Gasteiger partial charge in [-0.25, -0.2) is 4.79 Å². The molecule has 0 unspecified atom stereocenters. The van der Waals surface area contributed by atoms with E-state index in [2.05, 4.69) is 13.0 Å². The van der Waals surface area contributed by atoms with Gasteiger partial charge in [-0.1, -0.05) is 56.2 Å². The van der Waals surface area contributed by atoms with Crippen molar-refractivity contribution < 1.29 is 14.7 Å². The van der Waals surface area contributed by atoms with Gasteiger partial charge in [0.15, 0.2) is 5.78 Å². The molecule has 2 aromatic rings. The van der Waals surface area contributed by atoms with Gasteiger partial charge in [-0.3, -0.25) is 4.79 Å². The Hall–Kier alpha value is -2.88. The fraction of sp³-hybridized carbons (Fsp3) is 0.238. The molecule has 4 heteroatoms. The number of carbonyl (C=O) groups excluding carboxylic acids is 1. The predicted molar refractivity (Wildman–Crippen MR) is 101 cm³/mol. The lowest BCUT2D eigenvalue weighted by Crippen LogP contribution is -2.08. The molecule has 0 aliphatic heterocycles. The molecule has 3 N–H and O–H groups in total. The average molecular weight is 337 g/mol. The minimum Gasteiger partial charge on any atom is -0.478 e. The van der Waals surface area contributed by atoms with Crippen molar-refractivity contribution in [1.29, 1.82) is 0 Å². The number of hydrogen-bond donors (Lipinski definition) is 2. The van der Waals surface area contributed by atoms with Gasteiger partial charge in [0.1, 0.15) is 0 Å². The zero-order valence-corrected chi connectivity index (χ0v) is 14.4. The van der Waals surface area contributed by atoms with Gasteiger partial charge in [0.05, 0.1) is 11.3 Å². The Kier molecular flexibility index (Phi) is 6.52. The van der Waals surface area contributed by atoms with E-state index < -0.39 is 5.97 Å². The fourth-order valence-corrected chi connectivity index (χ4v) is 2.71. The first kappa shape index (κ1) is 18.5. The highest BCUT2D eigenvalue weighted by Gasteiger charge is 2.14. The molecule has 0 heterocycles. The number of carboxylic acids is 1. The number of aromatic carboxylic acids is 1. The molecule has 0 aliphatic rings. The van der Waals surface area contributed by atoms with E-state index in [1.165, 1.54) is 30.2 Å². The van der Waals surface area contributed by atoms with Gasteiger partial charge in [0, 0.05) is 5.56 Å². The van der Waals surface area contributed by atoms with Gasteiger partial charge in [-0.15, -0.1) is 0 Å². The molecule has 25 heavy (non-hydrogen) atoms. The Bertz CT molecular complexity index is 793. The van der Waals surface area contributed by atoms with Crippen LogP contribution in [0.1, 0.15) is 58.0 Å². The van der Waals surface area contributed by atoms with Crippen LogP contribution in [0.5, 0.6) is 0 Å². The summed E-state index contributed by atoms with van der Waals surface area (Å²) in [6.45, 7) is 2.17. The van der Waals surface area contributed by atoms with Crippen molar-refractivity contribution in [2.45, 2.75) is 32.6 Å². The van der Waals surface area contributed by atoms with Gasteiger partial charge >= 0.3 is 5.97 Å². The third kappa shape index (κ3) is 4.80. The second kappa shape index (κ2) is 8.83. The zero-order chi connectivity index (χ0) is 18.2. The summed E-state index contributed by atoms with van der Waals surface area (Å²) in [6.07, 6.45) is 7.65. The summed E-state index contributed by atoms with van der Waals surface area (Å²) < 4.78 is 0. The highest BCUT2D eigenvalue weighted by Crippen LogP contribution is 2.20. The third-order valence-corrected chi connectivity index (χ3v) is 4.12. The number of nitrogen functional groups attached to an aromatic ring is 1. The van der Waals surface area contributed by atoms with Crippen LogP contribution < -0.4 is 5.73 Å². The lowest BCUT2D eigenvalue weighted by Gasteiger charge is -2.07. The van der Waals surface area contributed by atoms with Crippen LogP contribution in [-0.4, -0.2) is 16.9 Å². The maximum absolute atomic E-state index is 12.4. The number of carbonyl (C=O) groups is 2. The number of rotatable bonds is 8. The highest BCUT2D eigenvalue weighted by atomic mass is 16.4. The van der Waals surface area contributed by atoms with Crippen molar-refractivity contribution in [3.05, 3.63) is 70.8 Å². The molecule has 0 spiro atoms. The highest BCUT2D eigenvalue weighted by molar-refractivity contribution is 6.12. The second-order valence-corrected chi connectivity index (χ2v) is 5.93. The lowest BCUT2D eigenvalue weighted by molar-refractivity contribution is 0.0698. The van der Waals surface area contributed by atoms with Gasteiger partial charge in [0.2, 0.25) is 0 Å². The van der Waals surface area contributed by atoms with E-state index in [0.717, 1.165) is 24.8 Å². The molecule has 0 saturated carbocycles. The first-order valence-electron chi connectivity index (χ1n) is 8.46. The number of aryl methyl sites for hydroxylation is 1. The zero-order valence-electron chi connectivity index (χ0n) is 14.4. The number of hydrogen-bond acceptors (Lipinski definition) is 3. The van der Waals surface area contributed by atoms with E-state index >= 15 is 0 Å². The first-order valence-corrected chi connectivity index (χ1v) is 8.46. The monoisotopic (exact) mass is 337 g/mol. The van der Waals surface area contributed by atoms with Crippen LogP contribution in [0.3, 0.4) is 0 Å². The van der Waals surface area contributed by atoms with E-state index in [1.54, 1.807) is 12.1 Å². The quantitative estimate of drug-likeness (QED) is 0.319. The Balaban J connectivity index is 2.21. The van der Waals surface area contributed by atoms with Crippen LogP contribution >= 0.6 is 0 Å². The van der Waals surface area contributed by atoms with Gasteiger partial charge < -0.3 is 10.8 Å². The molecule has 0 atom stereocenters. The Morgan fingerprint density at radius 2 is 1.76 bits per heavy atom. The van der Waals surface area contributed by atoms with Crippen molar-refractivity contribution in [1.82, 2.24) is 0 Å². The van der Waals surface area contributed by atoms with E-state index in [1.807, 2.05) is 18.2 Å². The summed E-state index contributed by atoms with van der Waals surface area (Å²) in [6, 6.07) is 12.4. The predicted octanol–water partition coefficient (Wildman–Crippen LogP) is 4.60. The molecule has 0 fully saturated rings. The van der Waals surface area contributed by atoms with E-state index in [0.29, 0.717) is 0 Å². The van der Waals surface area contributed by atoms with E-state index in [4.69, 9.17) is 10.8 Å². The number of nitrogens with two attached hydrogens (primary N) is 1. The molecule has 0 amide bonds. The largest absolute Gasteiger partial charge is 0.478 e. The molecule has 0 aromatic heterocycles. The molecular weight excluding hydrogens is 314 g/mol. The van der Waals surface area contributed by atoms with Crippen LogP contribution in [0.25, 0.3) is 6.08 Å². The molecule has 0 saturated heterocycles. The fourth-order valence-electron chi connectivity index (χ4n) is 2.71. The summed E-state index contributed by atoms with van der Waals surface area (Å²) >= 11 is 0. The molecule has 130 valence electrons. The summed E-state index contributed by atoms with van der Waals surface area (Å²) in [4.78, 5) is 23.6. The molecular formula is C21H23NO3. The van der Waals surface area contributed by atoms with Crippen LogP contribution in [-0.2, 0) is 6.42 Å². The first-order chi connectivity index (χ1) is 12.0. The molecule has 2 aromatic carbocycles. The van der Waals surface area contributed by atoms with Crippen molar-refractivity contribution in [2.24, 2.45) is 0 Å². The SMILES string of the molecule is CCCCCc1ccccc1/C=C/C(=O)c1cccc(C(=O)O)c1N. The van der Waals surface area contributed by atoms with Gasteiger partial charge in [-0.05, 0) is 42.2 Å². The maximum Gasteiger partial charge on any atom is 0.337 e. The number of unbranched alkanes of at least 4 members (excludes halogenated alkanes) is 2. The summed E-state index contributed by atoms with van der Waals surface area (Å²) in [7, 11) is 0. The minimum atomic E-state index is -1.14. The van der Waals surface area contributed by atoms with Crippen molar-refractivity contribution >= 4 is 23.5 Å². The molecule has 0 radical (unpaired) electrons. The third-order valence-electron chi connectivity index (χ3n) is 4.12. The minimum absolute atomic E-state index is 0.000816. The molecule has 0 bridgehead atoms. The van der Waals surface area contributed by atoms with Crippen molar-refractivity contribution in [2.75, 3.05) is 5.73 Å². The normalized spacial score (nSPS) is 10.9. The number of carboxylic acid groups (broad SMARTS) is 1. The Morgan fingerprint density at radius 1 is 1.04 bits per heavy atom. The lowest BCUT2D eigenvalue weighted by atomic mass is 9.99. The second-order valence-electron chi connectivity index (χ2n) is 5.93. The Labute approximate surface area is 148 Å². The number of para-hydroxylation sites is 1. The average Bonchev–Trinajstić information content (AvgIpc) is 2.60. The Morgan fingerprint density at radius 3 is 2.48 bits per heavy atom. The van der Waals surface area contributed by atoms with E-state index in [-0.39, 0.29) is 22.6 Å². The smallest absolute Gasteiger partial charge is 0.337 e. The van der Waals surface area contributed by atoms with Crippen molar-refractivity contribution in [3.8, 4) is 0 Å². The molecule has 4 nitrogen and oxygen atoms in total. The molecule has 2 rings (SSSR count). The standard InChI is InChI=1S/C21H23NO3/c1-2-3-4-8-15-9-5-6-10-16(15)13-14-19(23)17-11-7-12-18(20(17)22)21(24)25/h5-7,9-14H,2-4,8,22H2,1H3,(H,24,25)/b14-13+. The number of anilines is 1. The van der Waals surface area contributed by atoms with Crippen LogP contribution in [0.15, 0.2) is 48.5 Å².